The monoisotopic (exact) mass is 404 g/mol. The summed E-state index contributed by atoms with van der Waals surface area (Å²) in [6.45, 7) is 6.17. The fourth-order valence-corrected chi connectivity index (χ4v) is 4.38. The minimum absolute atomic E-state index is 0.343. The van der Waals surface area contributed by atoms with Crippen LogP contribution in [0.1, 0.15) is 18.1 Å². The molecule has 0 spiro atoms. The number of anilines is 2. The molecule has 28 heavy (non-hydrogen) atoms. The van der Waals surface area contributed by atoms with E-state index in [1.54, 1.807) is 25.1 Å². The van der Waals surface area contributed by atoms with E-state index >= 15 is 0 Å². The zero-order valence-electron chi connectivity index (χ0n) is 16.4. The molecule has 0 saturated heterocycles. The van der Waals surface area contributed by atoms with Gasteiger partial charge in [0.25, 0.3) is 0 Å². The van der Waals surface area contributed by atoms with Crippen LogP contribution in [0.2, 0.25) is 0 Å². The average Bonchev–Trinajstić information content (AvgIpc) is 2.63. The number of para-hydroxylation sites is 1. The lowest BCUT2D eigenvalue weighted by Gasteiger charge is -2.29. The van der Waals surface area contributed by atoms with Gasteiger partial charge in [-0.25, -0.2) is 8.42 Å². The minimum atomic E-state index is -3.73. The van der Waals surface area contributed by atoms with Gasteiger partial charge in [0.2, 0.25) is 15.9 Å². The second kappa shape index (κ2) is 7.71. The molecular weight excluding hydrogens is 380 g/mol. The highest BCUT2D eigenvalue weighted by Gasteiger charge is 2.30. The van der Waals surface area contributed by atoms with Crippen LogP contribution in [-0.4, -0.2) is 39.8 Å². The molecule has 1 aliphatic heterocycles. The van der Waals surface area contributed by atoms with Crippen molar-refractivity contribution >= 4 is 27.3 Å². The smallest absolute Gasteiger partial charge is 0.248 e. The Labute approximate surface area is 165 Å². The van der Waals surface area contributed by atoms with E-state index in [9.17, 15) is 13.2 Å². The fourth-order valence-electron chi connectivity index (χ4n) is 3.22. The van der Waals surface area contributed by atoms with E-state index in [1.165, 1.54) is 0 Å². The summed E-state index contributed by atoms with van der Waals surface area (Å²) >= 11 is 0. The molecule has 0 radical (unpaired) electrons. The molecule has 1 atom stereocenters. The molecule has 0 aliphatic carbocycles. The van der Waals surface area contributed by atoms with Crippen LogP contribution in [0.5, 0.6) is 11.5 Å². The number of aryl methyl sites for hydroxylation is 2. The van der Waals surface area contributed by atoms with Gasteiger partial charge in [0.1, 0.15) is 19.3 Å². The number of sulfonamides is 1. The van der Waals surface area contributed by atoms with Gasteiger partial charge in [0.05, 0.1) is 11.9 Å². The summed E-state index contributed by atoms with van der Waals surface area (Å²) in [6, 6.07) is 9.57. The normalized spacial score (nSPS) is 14.3. The predicted molar refractivity (Wildman–Crippen MR) is 109 cm³/mol. The molecule has 0 aromatic heterocycles. The van der Waals surface area contributed by atoms with Crippen LogP contribution in [0, 0.1) is 13.8 Å². The van der Waals surface area contributed by atoms with Gasteiger partial charge in [-0.1, -0.05) is 18.2 Å². The Hall–Kier alpha value is -2.74. The highest BCUT2D eigenvalue weighted by molar-refractivity contribution is 7.92. The number of benzene rings is 2. The first-order valence-corrected chi connectivity index (χ1v) is 10.8. The van der Waals surface area contributed by atoms with E-state index in [-0.39, 0.29) is 0 Å². The SMILES string of the molecule is Cc1cccc(C)c1NC(=O)[C@@H](C)N(c1ccc2c(c1)OCCO2)S(C)(=O)=O. The molecule has 0 unspecified atom stereocenters. The number of fused-ring (bicyclic) bond motifs is 1. The Bertz CT molecular complexity index is 983. The van der Waals surface area contributed by atoms with E-state index in [0.29, 0.717) is 36.1 Å². The van der Waals surface area contributed by atoms with E-state index in [0.717, 1.165) is 21.7 Å². The predicted octanol–water partition coefficient (Wildman–Crippen LogP) is 2.87. The molecule has 1 amide bonds. The second-order valence-electron chi connectivity index (χ2n) is 6.82. The zero-order valence-corrected chi connectivity index (χ0v) is 17.2. The molecule has 150 valence electrons. The van der Waals surface area contributed by atoms with Crippen LogP contribution in [0.3, 0.4) is 0 Å². The number of carbonyl (C=O) groups is 1. The molecule has 1 aliphatic rings. The lowest BCUT2D eigenvalue weighted by atomic mass is 10.1. The van der Waals surface area contributed by atoms with Crippen molar-refractivity contribution in [2.45, 2.75) is 26.8 Å². The van der Waals surface area contributed by atoms with Crippen molar-refractivity contribution in [2.24, 2.45) is 0 Å². The van der Waals surface area contributed by atoms with Gasteiger partial charge in [-0.05, 0) is 44.0 Å². The molecule has 2 aromatic carbocycles. The molecule has 1 N–H and O–H groups in total. The van der Waals surface area contributed by atoms with Crippen LogP contribution in [-0.2, 0) is 14.8 Å². The number of hydrogen-bond donors (Lipinski definition) is 1. The number of carbonyl (C=O) groups excluding carboxylic acids is 1. The Morgan fingerprint density at radius 1 is 1.07 bits per heavy atom. The van der Waals surface area contributed by atoms with Crippen molar-refractivity contribution in [2.75, 3.05) is 29.1 Å². The first-order chi connectivity index (χ1) is 13.2. The van der Waals surface area contributed by atoms with Gasteiger partial charge >= 0.3 is 0 Å². The van der Waals surface area contributed by atoms with Crippen molar-refractivity contribution < 1.29 is 22.7 Å². The minimum Gasteiger partial charge on any atom is -0.486 e. The third-order valence-corrected chi connectivity index (χ3v) is 5.84. The molecular formula is C20H24N2O5S. The van der Waals surface area contributed by atoms with E-state index < -0.39 is 22.0 Å². The first kappa shape index (κ1) is 20.0. The summed E-state index contributed by atoms with van der Waals surface area (Å²) in [5.41, 5.74) is 2.85. The molecule has 2 aromatic rings. The van der Waals surface area contributed by atoms with Crippen molar-refractivity contribution in [1.82, 2.24) is 0 Å². The number of nitrogens with one attached hydrogen (secondary N) is 1. The maximum atomic E-state index is 12.9. The quantitative estimate of drug-likeness (QED) is 0.828. The lowest BCUT2D eigenvalue weighted by molar-refractivity contribution is -0.116. The topological polar surface area (TPSA) is 84.9 Å². The van der Waals surface area contributed by atoms with Gasteiger partial charge < -0.3 is 14.8 Å². The van der Waals surface area contributed by atoms with E-state index in [4.69, 9.17) is 9.47 Å². The summed E-state index contributed by atoms with van der Waals surface area (Å²) in [7, 11) is -3.73. The van der Waals surface area contributed by atoms with Crippen LogP contribution in [0.25, 0.3) is 0 Å². The Morgan fingerprint density at radius 2 is 1.68 bits per heavy atom. The third-order valence-electron chi connectivity index (χ3n) is 4.60. The number of amides is 1. The van der Waals surface area contributed by atoms with Crippen molar-refractivity contribution in [3.63, 3.8) is 0 Å². The zero-order chi connectivity index (χ0) is 20.5. The summed E-state index contributed by atoms with van der Waals surface area (Å²) in [4.78, 5) is 12.9. The maximum absolute atomic E-state index is 12.9. The van der Waals surface area contributed by atoms with Gasteiger partial charge in [0.15, 0.2) is 11.5 Å². The Kier molecular flexibility index (Phi) is 5.51. The van der Waals surface area contributed by atoms with E-state index in [2.05, 4.69) is 5.32 Å². The maximum Gasteiger partial charge on any atom is 0.248 e. The van der Waals surface area contributed by atoms with Crippen molar-refractivity contribution in [3.8, 4) is 11.5 Å². The standard InChI is InChI=1S/C20H24N2O5S/c1-13-6-5-7-14(2)19(13)21-20(23)15(3)22(28(4,24)25)16-8-9-17-18(12-16)27-11-10-26-17/h5-9,12,15H,10-11H2,1-4H3,(H,21,23)/t15-/m1/s1. The molecule has 0 saturated carbocycles. The van der Waals surface area contributed by atoms with Crippen LogP contribution >= 0.6 is 0 Å². The summed E-state index contributed by atoms with van der Waals surface area (Å²) in [5.74, 6) is 0.591. The third kappa shape index (κ3) is 4.06. The van der Waals surface area contributed by atoms with Gasteiger partial charge in [0, 0.05) is 11.8 Å². The molecule has 7 nitrogen and oxygen atoms in total. The van der Waals surface area contributed by atoms with Crippen LogP contribution in [0.4, 0.5) is 11.4 Å². The molecule has 0 bridgehead atoms. The average molecular weight is 404 g/mol. The fraction of sp³-hybridized carbons (Fsp3) is 0.350. The molecule has 1 heterocycles. The second-order valence-corrected chi connectivity index (χ2v) is 8.68. The first-order valence-electron chi connectivity index (χ1n) is 8.94. The number of ether oxygens (including phenoxy) is 2. The Morgan fingerprint density at radius 3 is 2.29 bits per heavy atom. The summed E-state index contributed by atoms with van der Waals surface area (Å²) < 4.78 is 37.1. The molecule has 0 fully saturated rings. The van der Waals surface area contributed by atoms with Gasteiger partial charge in [-0.15, -0.1) is 0 Å². The van der Waals surface area contributed by atoms with Crippen LogP contribution in [0.15, 0.2) is 36.4 Å². The summed E-state index contributed by atoms with van der Waals surface area (Å²) in [5, 5.41) is 2.86. The van der Waals surface area contributed by atoms with Crippen molar-refractivity contribution in [1.29, 1.82) is 0 Å². The van der Waals surface area contributed by atoms with Crippen LogP contribution < -0.4 is 19.1 Å². The largest absolute Gasteiger partial charge is 0.486 e. The van der Waals surface area contributed by atoms with Crippen molar-refractivity contribution in [3.05, 3.63) is 47.5 Å². The highest BCUT2D eigenvalue weighted by atomic mass is 32.2. The molecule has 3 rings (SSSR count). The van der Waals surface area contributed by atoms with Gasteiger partial charge in [-0.2, -0.15) is 0 Å². The van der Waals surface area contributed by atoms with Gasteiger partial charge in [-0.3, -0.25) is 9.10 Å². The lowest BCUT2D eigenvalue weighted by Crippen LogP contribution is -2.45. The van der Waals surface area contributed by atoms with E-state index in [1.807, 2.05) is 32.0 Å². The summed E-state index contributed by atoms with van der Waals surface area (Å²) in [6.07, 6.45) is 1.08. The molecule has 8 heteroatoms. The Balaban J connectivity index is 1.93. The highest BCUT2D eigenvalue weighted by Crippen LogP contribution is 2.35. The number of hydrogen-bond acceptors (Lipinski definition) is 5. The number of rotatable bonds is 5. The number of nitrogens with zero attached hydrogens (tertiary/aromatic N) is 1.